The highest BCUT2D eigenvalue weighted by Gasteiger charge is 2.24. The molecule has 2 atom stereocenters. The third kappa shape index (κ3) is 3.78. The van der Waals surface area contributed by atoms with E-state index in [1.54, 1.807) is 0 Å². The maximum absolute atomic E-state index is 12.2. The molecule has 2 rings (SSSR count). The number of amides is 1. The molecule has 104 valence electrons. The Morgan fingerprint density at radius 2 is 2.21 bits per heavy atom. The average Bonchev–Trinajstić information content (AvgIpc) is 2.44. The molecule has 19 heavy (non-hydrogen) atoms. The minimum Gasteiger partial charge on any atom is -0.380 e. The van der Waals surface area contributed by atoms with Crippen molar-refractivity contribution in [2.75, 3.05) is 13.2 Å². The lowest BCUT2D eigenvalue weighted by molar-refractivity contribution is -0.124. The number of rotatable bonds is 5. The molecule has 2 N–H and O–H groups in total. The molecule has 0 aromatic heterocycles. The Labute approximate surface area is 114 Å². The van der Waals surface area contributed by atoms with Gasteiger partial charge in [-0.2, -0.15) is 0 Å². The van der Waals surface area contributed by atoms with Crippen LogP contribution in [-0.4, -0.2) is 31.2 Å². The molecule has 0 aliphatic carbocycles. The Balaban J connectivity index is 1.88. The summed E-state index contributed by atoms with van der Waals surface area (Å²) in [6.07, 6.45) is 0.753. The number of benzene rings is 1. The van der Waals surface area contributed by atoms with Crippen molar-refractivity contribution < 1.29 is 9.53 Å². The van der Waals surface area contributed by atoms with Crippen LogP contribution < -0.4 is 10.6 Å². The van der Waals surface area contributed by atoms with Gasteiger partial charge in [-0.15, -0.1) is 0 Å². The van der Waals surface area contributed by atoms with Crippen molar-refractivity contribution in [3.05, 3.63) is 35.4 Å². The van der Waals surface area contributed by atoms with Crippen LogP contribution in [0, 0.1) is 0 Å². The van der Waals surface area contributed by atoms with Crippen LogP contribution in [0.5, 0.6) is 0 Å². The lowest BCUT2D eigenvalue weighted by atomic mass is 9.95. The van der Waals surface area contributed by atoms with Crippen molar-refractivity contribution in [1.82, 2.24) is 10.6 Å². The highest BCUT2D eigenvalue weighted by Crippen LogP contribution is 2.16. The van der Waals surface area contributed by atoms with Crippen molar-refractivity contribution in [2.45, 2.75) is 38.9 Å². The lowest BCUT2D eigenvalue weighted by Crippen LogP contribution is -2.50. The summed E-state index contributed by atoms with van der Waals surface area (Å²) in [7, 11) is 0. The largest absolute Gasteiger partial charge is 0.380 e. The van der Waals surface area contributed by atoms with Gasteiger partial charge in [0.1, 0.15) is 0 Å². The van der Waals surface area contributed by atoms with Gasteiger partial charge in [0.25, 0.3) is 0 Å². The summed E-state index contributed by atoms with van der Waals surface area (Å²) >= 11 is 0. The molecule has 0 bridgehead atoms. The molecule has 1 aliphatic rings. The third-order valence-corrected chi connectivity index (χ3v) is 3.36. The van der Waals surface area contributed by atoms with Gasteiger partial charge >= 0.3 is 0 Å². The van der Waals surface area contributed by atoms with Gasteiger partial charge in [0, 0.05) is 19.2 Å². The number of ether oxygens (including phenoxy) is 1. The maximum atomic E-state index is 12.2. The quantitative estimate of drug-likeness (QED) is 0.839. The van der Waals surface area contributed by atoms with Crippen LogP contribution in [0.15, 0.2) is 24.3 Å². The van der Waals surface area contributed by atoms with E-state index in [0.717, 1.165) is 13.0 Å². The molecule has 1 aromatic rings. The molecule has 1 unspecified atom stereocenters. The molecule has 0 spiro atoms. The van der Waals surface area contributed by atoms with Gasteiger partial charge in [-0.1, -0.05) is 24.3 Å². The highest BCUT2D eigenvalue weighted by atomic mass is 16.5. The number of hydrogen-bond acceptors (Lipinski definition) is 3. The molecule has 4 heteroatoms. The van der Waals surface area contributed by atoms with Crippen molar-refractivity contribution in [2.24, 2.45) is 0 Å². The molecule has 0 saturated heterocycles. The predicted octanol–water partition coefficient (Wildman–Crippen LogP) is 1.24. The van der Waals surface area contributed by atoms with Gasteiger partial charge in [0.15, 0.2) is 0 Å². The zero-order valence-electron chi connectivity index (χ0n) is 11.6. The number of hydrogen-bond donors (Lipinski definition) is 2. The van der Waals surface area contributed by atoms with Crippen LogP contribution in [0.3, 0.4) is 0 Å². The monoisotopic (exact) mass is 262 g/mol. The van der Waals surface area contributed by atoms with Crippen molar-refractivity contribution >= 4 is 5.91 Å². The van der Waals surface area contributed by atoms with Gasteiger partial charge in [-0.05, 0) is 31.4 Å². The summed E-state index contributed by atoms with van der Waals surface area (Å²) in [4.78, 5) is 12.2. The first kappa shape index (κ1) is 14.0. The van der Waals surface area contributed by atoms with Crippen LogP contribution in [0.25, 0.3) is 0 Å². The van der Waals surface area contributed by atoms with E-state index in [9.17, 15) is 4.79 Å². The van der Waals surface area contributed by atoms with Crippen LogP contribution >= 0.6 is 0 Å². The Hall–Kier alpha value is -1.39. The minimum atomic E-state index is -0.140. The van der Waals surface area contributed by atoms with Crippen LogP contribution in [0.2, 0.25) is 0 Å². The van der Waals surface area contributed by atoms with Gasteiger partial charge < -0.3 is 15.4 Å². The summed E-state index contributed by atoms with van der Waals surface area (Å²) < 4.78 is 5.30. The van der Waals surface area contributed by atoms with E-state index in [2.05, 4.69) is 22.8 Å². The second kappa shape index (κ2) is 6.68. The van der Waals surface area contributed by atoms with E-state index in [0.29, 0.717) is 13.2 Å². The van der Waals surface area contributed by atoms with E-state index in [1.165, 1.54) is 11.1 Å². The summed E-state index contributed by atoms with van der Waals surface area (Å²) in [6.45, 7) is 5.91. The van der Waals surface area contributed by atoms with E-state index in [4.69, 9.17) is 4.74 Å². The summed E-state index contributed by atoms with van der Waals surface area (Å²) in [5.74, 6) is 0.0571. The Morgan fingerprint density at radius 3 is 2.95 bits per heavy atom. The number of carbonyl (C=O) groups is 1. The van der Waals surface area contributed by atoms with Crippen molar-refractivity contribution in [3.8, 4) is 0 Å². The minimum absolute atomic E-state index is 0.0476. The molecule has 0 fully saturated rings. The fourth-order valence-corrected chi connectivity index (χ4v) is 2.32. The molecular formula is C15H22N2O2. The second-order valence-electron chi connectivity index (χ2n) is 4.98. The predicted molar refractivity (Wildman–Crippen MR) is 74.9 cm³/mol. The Morgan fingerprint density at radius 1 is 1.47 bits per heavy atom. The van der Waals surface area contributed by atoms with Crippen LogP contribution in [-0.2, 0) is 22.5 Å². The van der Waals surface area contributed by atoms with E-state index in [1.807, 2.05) is 26.0 Å². The van der Waals surface area contributed by atoms with Crippen molar-refractivity contribution in [1.29, 1.82) is 0 Å². The molecule has 1 heterocycles. The Bertz CT molecular complexity index is 434. The molecule has 0 saturated carbocycles. The van der Waals surface area contributed by atoms with Gasteiger partial charge in [-0.25, -0.2) is 0 Å². The summed E-state index contributed by atoms with van der Waals surface area (Å²) in [6, 6.07) is 8.17. The van der Waals surface area contributed by atoms with Crippen molar-refractivity contribution in [3.63, 3.8) is 0 Å². The zero-order valence-corrected chi connectivity index (χ0v) is 11.6. The zero-order chi connectivity index (χ0) is 13.7. The van der Waals surface area contributed by atoms with E-state index >= 15 is 0 Å². The molecule has 1 amide bonds. The lowest BCUT2D eigenvalue weighted by Gasteiger charge is -2.26. The van der Waals surface area contributed by atoms with Crippen LogP contribution in [0.4, 0.5) is 0 Å². The second-order valence-corrected chi connectivity index (χ2v) is 4.98. The maximum Gasteiger partial charge on any atom is 0.237 e. The fraction of sp³-hybridized carbons (Fsp3) is 0.533. The molecular weight excluding hydrogens is 240 g/mol. The van der Waals surface area contributed by atoms with Crippen LogP contribution in [0.1, 0.15) is 25.0 Å². The topological polar surface area (TPSA) is 50.4 Å². The van der Waals surface area contributed by atoms with Gasteiger partial charge in [0.2, 0.25) is 5.91 Å². The van der Waals surface area contributed by atoms with E-state index < -0.39 is 0 Å². The first-order valence-corrected chi connectivity index (χ1v) is 6.89. The van der Waals surface area contributed by atoms with Gasteiger partial charge in [0.05, 0.1) is 12.6 Å². The number of carbonyl (C=O) groups excluding carboxylic acids is 1. The number of fused-ring (bicyclic) bond motifs is 1. The Kier molecular flexibility index (Phi) is 4.93. The highest BCUT2D eigenvalue weighted by molar-refractivity contribution is 5.82. The smallest absolute Gasteiger partial charge is 0.237 e. The first-order chi connectivity index (χ1) is 9.20. The average molecular weight is 262 g/mol. The molecule has 1 aliphatic heterocycles. The molecule has 1 aromatic carbocycles. The first-order valence-electron chi connectivity index (χ1n) is 6.89. The number of nitrogens with one attached hydrogen (secondary N) is 2. The third-order valence-electron chi connectivity index (χ3n) is 3.36. The molecule has 4 nitrogen and oxygen atoms in total. The standard InChI is InChI=1S/C15H22N2O2/c1-3-19-10-11(2)17-15(18)14-8-12-6-4-5-7-13(12)9-16-14/h4-7,11,14,16H,3,8-10H2,1-2H3,(H,17,18)/t11?,14-/m0/s1. The van der Waals surface area contributed by atoms with Gasteiger partial charge in [-0.3, -0.25) is 4.79 Å². The summed E-state index contributed by atoms with van der Waals surface area (Å²) in [5.41, 5.74) is 2.55. The fourth-order valence-electron chi connectivity index (χ4n) is 2.32. The molecule has 0 radical (unpaired) electrons. The normalized spacial score (nSPS) is 19.6. The SMILES string of the molecule is CCOCC(C)NC(=O)[C@@H]1Cc2ccccc2CN1. The van der Waals surface area contributed by atoms with E-state index in [-0.39, 0.29) is 18.0 Å². The summed E-state index contributed by atoms with van der Waals surface area (Å²) in [5, 5.41) is 6.27.